The summed E-state index contributed by atoms with van der Waals surface area (Å²) in [6, 6.07) is 6.69. The Labute approximate surface area is 117 Å². The highest BCUT2D eigenvalue weighted by molar-refractivity contribution is 9.10. The normalized spacial score (nSPS) is 10.2. The fraction of sp³-hybridized carbons (Fsp3) is 0.0909. The third kappa shape index (κ3) is 3.02. The Kier molecular flexibility index (Phi) is 3.88. The number of nitrogens with zero attached hydrogens (tertiary/aromatic N) is 2. The third-order valence-electron chi connectivity index (χ3n) is 2.01. The Morgan fingerprint density at radius 3 is 2.61 bits per heavy atom. The van der Waals surface area contributed by atoms with Gasteiger partial charge in [-0.25, -0.2) is 0 Å². The van der Waals surface area contributed by atoms with Crippen molar-refractivity contribution in [3.63, 3.8) is 0 Å². The van der Waals surface area contributed by atoms with Crippen LogP contribution in [0.15, 0.2) is 28.7 Å². The molecule has 18 heavy (non-hydrogen) atoms. The molecule has 2 N–H and O–H groups in total. The van der Waals surface area contributed by atoms with Crippen molar-refractivity contribution in [3.05, 3.63) is 33.8 Å². The maximum Gasteiger partial charge on any atom is 0.227 e. The number of nitrogens with two attached hydrogens (primary N) is 1. The monoisotopic (exact) mass is 329 g/mol. The van der Waals surface area contributed by atoms with Crippen molar-refractivity contribution in [2.45, 2.75) is 0 Å². The van der Waals surface area contributed by atoms with Crippen LogP contribution < -0.4 is 15.2 Å². The van der Waals surface area contributed by atoms with Crippen molar-refractivity contribution >= 4 is 33.5 Å². The summed E-state index contributed by atoms with van der Waals surface area (Å²) in [5, 5.41) is 0.606. The Balaban J connectivity index is 2.30. The lowest BCUT2D eigenvalue weighted by Crippen LogP contribution is -1.99. The summed E-state index contributed by atoms with van der Waals surface area (Å²) in [6.07, 6.45) is 0. The average Bonchev–Trinajstić information content (AvgIpc) is 2.32. The van der Waals surface area contributed by atoms with Gasteiger partial charge in [0, 0.05) is 5.02 Å². The van der Waals surface area contributed by atoms with Crippen LogP contribution in [0, 0.1) is 0 Å². The fourth-order valence-corrected chi connectivity index (χ4v) is 2.01. The van der Waals surface area contributed by atoms with Crippen LogP contribution in [0.2, 0.25) is 5.02 Å². The molecule has 1 aromatic heterocycles. The second kappa shape index (κ2) is 5.41. The molecule has 0 amide bonds. The van der Waals surface area contributed by atoms with E-state index in [-0.39, 0.29) is 5.95 Å². The SMILES string of the molecule is COc1cc(Oc2ccc(Cl)cc2Br)nc(N)n1. The van der Waals surface area contributed by atoms with Gasteiger partial charge >= 0.3 is 0 Å². The van der Waals surface area contributed by atoms with Crippen LogP contribution >= 0.6 is 27.5 Å². The first-order chi connectivity index (χ1) is 8.58. The molecular weight excluding hydrogens is 321 g/mol. The van der Waals surface area contributed by atoms with E-state index >= 15 is 0 Å². The lowest BCUT2D eigenvalue weighted by molar-refractivity contribution is 0.389. The first kappa shape index (κ1) is 12.9. The molecule has 2 aromatic rings. The quantitative estimate of drug-likeness (QED) is 0.935. The van der Waals surface area contributed by atoms with E-state index in [9.17, 15) is 0 Å². The molecule has 1 aromatic carbocycles. The molecule has 0 fully saturated rings. The van der Waals surface area contributed by atoms with Crippen LogP contribution in [0.5, 0.6) is 17.5 Å². The number of ether oxygens (including phenoxy) is 2. The van der Waals surface area contributed by atoms with Gasteiger partial charge in [-0.1, -0.05) is 11.6 Å². The van der Waals surface area contributed by atoms with Gasteiger partial charge in [-0.2, -0.15) is 9.97 Å². The zero-order valence-electron chi connectivity index (χ0n) is 9.35. The van der Waals surface area contributed by atoms with E-state index in [1.54, 1.807) is 18.2 Å². The summed E-state index contributed by atoms with van der Waals surface area (Å²) in [5.74, 6) is 1.28. The molecule has 0 unspecified atom stereocenters. The summed E-state index contributed by atoms with van der Waals surface area (Å²) >= 11 is 9.18. The molecule has 0 atom stereocenters. The number of hydrogen-bond acceptors (Lipinski definition) is 5. The third-order valence-corrected chi connectivity index (χ3v) is 2.87. The average molecular weight is 331 g/mol. The van der Waals surface area contributed by atoms with Gasteiger partial charge in [-0.15, -0.1) is 0 Å². The Morgan fingerprint density at radius 1 is 1.22 bits per heavy atom. The van der Waals surface area contributed by atoms with E-state index in [0.717, 1.165) is 0 Å². The maximum absolute atomic E-state index is 5.84. The molecular formula is C11H9BrClN3O2. The number of benzene rings is 1. The fourth-order valence-electron chi connectivity index (χ4n) is 1.25. The molecule has 0 saturated carbocycles. The summed E-state index contributed by atoms with van der Waals surface area (Å²) in [7, 11) is 1.49. The predicted octanol–water partition coefficient (Wildman–Crippen LogP) is 3.28. The van der Waals surface area contributed by atoms with Gasteiger partial charge in [-0.3, -0.25) is 0 Å². The molecule has 0 aliphatic rings. The minimum Gasteiger partial charge on any atom is -0.481 e. The zero-order chi connectivity index (χ0) is 13.1. The zero-order valence-corrected chi connectivity index (χ0v) is 11.7. The lowest BCUT2D eigenvalue weighted by Gasteiger charge is -2.08. The van der Waals surface area contributed by atoms with Gasteiger partial charge in [0.2, 0.25) is 17.7 Å². The molecule has 0 bridgehead atoms. The van der Waals surface area contributed by atoms with Crippen LogP contribution in [0.3, 0.4) is 0 Å². The first-order valence-corrected chi connectivity index (χ1v) is 6.07. The van der Waals surface area contributed by atoms with Crippen LogP contribution in [0.25, 0.3) is 0 Å². The van der Waals surface area contributed by atoms with Gasteiger partial charge in [-0.05, 0) is 34.1 Å². The summed E-state index contributed by atoms with van der Waals surface area (Å²) < 4.78 is 11.3. The van der Waals surface area contributed by atoms with Crippen LogP contribution in [-0.2, 0) is 0 Å². The van der Waals surface area contributed by atoms with Gasteiger partial charge in [0.05, 0.1) is 17.6 Å². The highest BCUT2D eigenvalue weighted by atomic mass is 79.9. The van der Waals surface area contributed by atoms with Gasteiger partial charge in [0.1, 0.15) is 5.75 Å². The highest BCUT2D eigenvalue weighted by Crippen LogP contribution is 2.32. The van der Waals surface area contributed by atoms with E-state index in [0.29, 0.717) is 27.0 Å². The molecule has 94 valence electrons. The number of anilines is 1. The number of aromatic nitrogens is 2. The summed E-state index contributed by atoms with van der Waals surface area (Å²) in [4.78, 5) is 7.81. The minimum atomic E-state index is 0.0782. The van der Waals surface area contributed by atoms with E-state index < -0.39 is 0 Å². The molecule has 0 saturated heterocycles. The highest BCUT2D eigenvalue weighted by Gasteiger charge is 2.07. The molecule has 0 radical (unpaired) electrons. The summed E-state index contributed by atoms with van der Waals surface area (Å²) in [6.45, 7) is 0. The van der Waals surface area contributed by atoms with Crippen molar-refractivity contribution in [3.8, 4) is 17.5 Å². The standard InChI is InChI=1S/C11H9BrClN3O2/c1-17-9-5-10(16-11(14)15-9)18-8-3-2-6(13)4-7(8)12/h2-5H,1H3,(H2,14,15,16). The Hall–Kier alpha value is -1.53. The van der Waals surface area contributed by atoms with Gasteiger partial charge in [0.25, 0.3) is 0 Å². The number of nitrogen functional groups attached to an aromatic ring is 1. The van der Waals surface area contributed by atoms with Crippen molar-refractivity contribution in [1.82, 2.24) is 9.97 Å². The van der Waals surface area contributed by atoms with E-state index in [1.165, 1.54) is 13.2 Å². The van der Waals surface area contributed by atoms with Crippen molar-refractivity contribution in [1.29, 1.82) is 0 Å². The van der Waals surface area contributed by atoms with Gasteiger partial charge in [0.15, 0.2) is 0 Å². The number of hydrogen-bond donors (Lipinski definition) is 1. The van der Waals surface area contributed by atoms with E-state index in [2.05, 4.69) is 25.9 Å². The Bertz CT molecular complexity index is 580. The topological polar surface area (TPSA) is 70.3 Å². The second-order valence-corrected chi connectivity index (χ2v) is 4.57. The first-order valence-electron chi connectivity index (χ1n) is 4.90. The maximum atomic E-state index is 5.84. The molecule has 0 spiro atoms. The number of methoxy groups -OCH3 is 1. The largest absolute Gasteiger partial charge is 0.481 e. The Morgan fingerprint density at radius 2 is 1.94 bits per heavy atom. The number of rotatable bonds is 3. The van der Waals surface area contributed by atoms with Crippen molar-refractivity contribution < 1.29 is 9.47 Å². The van der Waals surface area contributed by atoms with Crippen molar-refractivity contribution in [2.24, 2.45) is 0 Å². The van der Waals surface area contributed by atoms with E-state index in [4.69, 9.17) is 26.8 Å². The second-order valence-electron chi connectivity index (χ2n) is 3.28. The van der Waals surface area contributed by atoms with Crippen LogP contribution in [0.4, 0.5) is 5.95 Å². The van der Waals surface area contributed by atoms with Crippen molar-refractivity contribution in [2.75, 3.05) is 12.8 Å². The summed E-state index contributed by atoms with van der Waals surface area (Å²) in [5.41, 5.74) is 5.54. The molecule has 0 aliphatic heterocycles. The molecule has 7 heteroatoms. The molecule has 0 aliphatic carbocycles. The van der Waals surface area contributed by atoms with Crippen LogP contribution in [0.1, 0.15) is 0 Å². The van der Waals surface area contributed by atoms with Crippen LogP contribution in [-0.4, -0.2) is 17.1 Å². The van der Waals surface area contributed by atoms with E-state index in [1.807, 2.05) is 0 Å². The minimum absolute atomic E-state index is 0.0782. The smallest absolute Gasteiger partial charge is 0.227 e. The number of halogens is 2. The van der Waals surface area contributed by atoms with Gasteiger partial charge < -0.3 is 15.2 Å². The predicted molar refractivity (Wildman–Crippen MR) is 72.2 cm³/mol. The molecule has 5 nitrogen and oxygen atoms in total. The molecule has 1 heterocycles. The lowest BCUT2D eigenvalue weighted by atomic mass is 10.3. The molecule has 2 rings (SSSR count).